The van der Waals surface area contributed by atoms with E-state index in [1.165, 1.54) is 6.92 Å². The van der Waals surface area contributed by atoms with Crippen molar-refractivity contribution in [3.8, 4) is 0 Å². The van der Waals surface area contributed by atoms with Gasteiger partial charge < -0.3 is 9.50 Å². The molecule has 0 unspecified atom stereocenters. The number of rotatable bonds is 0. The van der Waals surface area contributed by atoms with E-state index in [1.54, 1.807) is 0 Å². The second kappa shape index (κ2) is 2.54. The monoisotopic (exact) mass is 177 g/mol. The maximum Gasteiger partial charge on any atom is 0.327 e. The average Bonchev–Trinajstić information content (AvgIpc) is 1.90. The molecule has 62 valence electrons. The van der Waals surface area contributed by atoms with E-state index in [4.69, 9.17) is 0 Å². The first-order chi connectivity index (χ1) is 4.99. The van der Waals surface area contributed by atoms with Crippen LogP contribution in [0.1, 0.15) is 6.92 Å². The molecular formula is C5H7NO4S. The molecule has 0 aromatic heterocycles. The highest BCUT2D eigenvalue weighted by Crippen LogP contribution is 2.05. The summed E-state index contributed by atoms with van der Waals surface area (Å²) in [6.45, 7) is 1.41. The summed E-state index contributed by atoms with van der Waals surface area (Å²) in [5.41, 5.74) is 0. The predicted octanol–water partition coefficient (Wildman–Crippen LogP) is -0.676. The lowest BCUT2D eigenvalue weighted by Gasteiger charge is -2.00. The van der Waals surface area contributed by atoms with Crippen molar-refractivity contribution >= 4 is 16.0 Å². The van der Waals surface area contributed by atoms with Gasteiger partial charge in [-0.1, -0.05) is 0 Å². The first-order valence-electron chi connectivity index (χ1n) is 2.88. The molecule has 0 fully saturated rings. The minimum absolute atomic E-state index is 0.0833. The fourth-order valence-electron chi connectivity index (χ4n) is 0.649. The summed E-state index contributed by atoms with van der Waals surface area (Å²) in [6, 6.07) is 0. The summed E-state index contributed by atoms with van der Waals surface area (Å²) in [5, 5.41) is 2.14. The third-order valence-electron chi connectivity index (χ3n) is 1.02. The van der Waals surface area contributed by atoms with Gasteiger partial charge in [-0.25, -0.2) is 0 Å². The Kier molecular flexibility index (Phi) is 1.86. The quantitative estimate of drug-likeness (QED) is 0.498. The molecule has 11 heavy (non-hydrogen) atoms. The van der Waals surface area contributed by atoms with Crippen molar-refractivity contribution in [3.05, 3.63) is 11.8 Å². The molecule has 0 aromatic carbocycles. The van der Waals surface area contributed by atoms with Gasteiger partial charge in [0.05, 0.1) is 0 Å². The number of carbonyl (C=O) groups is 1. The van der Waals surface area contributed by atoms with Gasteiger partial charge in [0.15, 0.2) is 5.88 Å². The summed E-state index contributed by atoms with van der Waals surface area (Å²) in [6.07, 6.45) is 1.09. The van der Waals surface area contributed by atoms with E-state index in [2.05, 4.69) is 9.50 Å². The fourth-order valence-corrected chi connectivity index (χ4v) is 1.48. The van der Waals surface area contributed by atoms with Gasteiger partial charge in [0, 0.05) is 6.08 Å². The standard InChI is InChI=1S/C5H7NO4S/c1-4-2-5(7)6-3-11(8,9)10-4/h2H,3H2,1H3,(H,6,7). The fraction of sp³-hybridized carbons (Fsp3) is 0.400. The predicted molar refractivity (Wildman–Crippen MR) is 36.8 cm³/mol. The van der Waals surface area contributed by atoms with E-state index in [0.717, 1.165) is 6.08 Å². The summed E-state index contributed by atoms with van der Waals surface area (Å²) in [4.78, 5) is 10.6. The van der Waals surface area contributed by atoms with Crippen LogP contribution in [0.5, 0.6) is 0 Å². The van der Waals surface area contributed by atoms with Gasteiger partial charge in [-0.05, 0) is 6.92 Å². The molecule has 0 bridgehead atoms. The number of hydrogen-bond acceptors (Lipinski definition) is 4. The van der Waals surface area contributed by atoms with E-state index in [1.807, 2.05) is 0 Å². The summed E-state index contributed by atoms with van der Waals surface area (Å²) in [7, 11) is -3.60. The van der Waals surface area contributed by atoms with Crippen LogP contribution in [0.4, 0.5) is 0 Å². The van der Waals surface area contributed by atoms with E-state index in [9.17, 15) is 13.2 Å². The summed E-state index contributed by atoms with van der Waals surface area (Å²) < 4.78 is 25.9. The van der Waals surface area contributed by atoms with Crippen LogP contribution in [0.15, 0.2) is 11.8 Å². The smallest absolute Gasteiger partial charge is 0.327 e. The highest BCUT2D eigenvalue weighted by Gasteiger charge is 2.17. The summed E-state index contributed by atoms with van der Waals surface area (Å²) >= 11 is 0. The third kappa shape index (κ3) is 2.23. The highest BCUT2D eigenvalue weighted by molar-refractivity contribution is 7.86. The van der Waals surface area contributed by atoms with Gasteiger partial charge in [0.1, 0.15) is 5.76 Å². The van der Waals surface area contributed by atoms with Crippen LogP contribution >= 0.6 is 0 Å². The molecule has 0 aliphatic carbocycles. The third-order valence-corrected chi connectivity index (χ3v) is 2.03. The normalized spacial score (nSPS) is 22.6. The van der Waals surface area contributed by atoms with Crippen LogP contribution in [0.2, 0.25) is 0 Å². The van der Waals surface area contributed by atoms with Crippen molar-refractivity contribution in [2.45, 2.75) is 6.92 Å². The van der Waals surface area contributed by atoms with Gasteiger partial charge in [0.2, 0.25) is 5.91 Å². The molecule has 1 heterocycles. The molecule has 1 N–H and O–H groups in total. The minimum Gasteiger partial charge on any atom is -0.386 e. The second-order valence-electron chi connectivity index (χ2n) is 2.08. The zero-order chi connectivity index (χ0) is 8.48. The number of nitrogens with one attached hydrogen (secondary N) is 1. The number of carbonyl (C=O) groups excluding carboxylic acids is 1. The van der Waals surface area contributed by atoms with Gasteiger partial charge in [-0.3, -0.25) is 4.79 Å². The van der Waals surface area contributed by atoms with E-state index < -0.39 is 21.9 Å². The molecule has 1 rings (SSSR count). The molecule has 0 saturated carbocycles. The zero-order valence-electron chi connectivity index (χ0n) is 5.83. The Labute approximate surface area is 64.2 Å². The molecule has 0 aromatic rings. The first-order valence-corrected chi connectivity index (χ1v) is 4.46. The van der Waals surface area contributed by atoms with Crippen molar-refractivity contribution in [1.29, 1.82) is 0 Å². The Balaban J connectivity index is 2.93. The average molecular weight is 177 g/mol. The van der Waals surface area contributed by atoms with E-state index in [0.29, 0.717) is 0 Å². The number of hydrogen-bond donors (Lipinski definition) is 1. The van der Waals surface area contributed by atoms with E-state index in [-0.39, 0.29) is 5.76 Å². The molecule has 6 heteroatoms. The molecule has 0 atom stereocenters. The van der Waals surface area contributed by atoms with Crippen LogP contribution in [0, 0.1) is 0 Å². The van der Waals surface area contributed by atoms with Crippen LogP contribution in [-0.2, 0) is 19.1 Å². The molecule has 1 aliphatic heterocycles. The highest BCUT2D eigenvalue weighted by atomic mass is 32.2. The zero-order valence-corrected chi connectivity index (χ0v) is 6.64. The van der Waals surface area contributed by atoms with Crippen LogP contribution in [0.3, 0.4) is 0 Å². The summed E-state index contributed by atoms with van der Waals surface area (Å²) in [5.74, 6) is -0.844. The van der Waals surface area contributed by atoms with Crippen LogP contribution < -0.4 is 5.32 Å². The largest absolute Gasteiger partial charge is 0.386 e. The van der Waals surface area contributed by atoms with Crippen LogP contribution in [-0.4, -0.2) is 20.2 Å². The van der Waals surface area contributed by atoms with Crippen molar-refractivity contribution in [2.24, 2.45) is 0 Å². The Morgan fingerprint density at radius 3 is 2.91 bits per heavy atom. The lowest BCUT2D eigenvalue weighted by Crippen LogP contribution is -2.25. The molecule has 0 radical (unpaired) electrons. The lowest BCUT2D eigenvalue weighted by atomic mass is 10.5. The van der Waals surface area contributed by atoms with Gasteiger partial charge in [-0.2, -0.15) is 8.42 Å². The van der Waals surface area contributed by atoms with Crippen molar-refractivity contribution in [2.75, 3.05) is 5.88 Å². The molecule has 1 aliphatic rings. The Morgan fingerprint density at radius 1 is 1.64 bits per heavy atom. The van der Waals surface area contributed by atoms with Crippen molar-refractivity contribution < 1.29 is 17.4 Å². The topological polar surface area (TPSA) is 72.5 Å². The molecule has 0 saturated heterocycles. The lowest BCUT2D eigenvalue weighted by molar-refractivity contribution is -0.116. The van der Waals surface area contributed by atoms with Gasteiger partial charge in [0.25, 0.3) is 0 Å². The number of amides is 1. The Hall–Kier alpha value is -1.04. The maximum atomic E-state index is 10.7. The Bertz CT molecular complexity index is 302. The molecule has 5 nitrogen and oxygen atoms in total. The van der Waals surface area contributed by atoms with Gasteiger partial charge >= 0.3 is 10.1 Å². The van der Waals surface area contributed by atoms with Crippen LogP contribution in [0.25, 0.3) is 0 Å². The Morgan fingerprint density at radius 2 is 2.27 bits per heavy atom. The molecular weight excluding hydrogens is 170 g/mol. The molecule has 0 spiro atoms. The van der Waals surface area contributed by atoms with E-state index >= 15 is 0 Å². The van der Waals surface area contributed by atoms with Crippen molar-refractivity contribution in [1.82, 2.24) is 5.32 Å². The number of allylic oxidation sites excluding steroid dienone is 1. The second-order valence-corrected chi connectivity index (χ2v) is 3.65. The minimum atomic E-state index is -3.60. The van der Waals surface area contributed by atoms with Gasteiger partial charge in [-0.15, -0.1) is 0 Å². The van der Waals surface area contributed by atoms with Crippen molar-refractivity contribution in [3.63, 3.8) is 0 Å². The maximum absolute atomic E-state index is 10.7. The first kappa shape index (κ1) is 8.06. The molecule has 1 amide bonds. The SMILES string of the molecule is CC1=CC(=O)NCS(=O)(=O)O1.